The van der Waals surface area contributed by atoms with Crippen LogP contribution >= 0.6 is 11.3 Å². The Morgan fingerprint density at radius 2 is 2.29 bits per heavy atom. The van der Waals surface area contributed by atoms with Gasteiger partial charge < -0.3 is 10.2 Å². The molecule has 1 aliphatic rings. The summed E-state index contributed by atoms with van der Waals surface area (Å²) in [6.45, 7) is 8.86. The third-order valence-electron chi connectivity index (χ3n) is 4.18. The average Bonchev–Trinajstić information content (AvgIpc) is 3.12. The van der Waals surface area contributed by atoms with Crippen molar-refractivity contribution in [3.8, 4) is 0 Å². The summed E-state index contributed by atoms with van der Waals surface area (Å²) in [6, 6.07) is 3.30. The first-order chi connectivity index (χ1) is 10.2. The Bertz CT molecular complexity index is 601. The summed E-state index contributed by atoms with van der Waals surface area (Å²) in [5.41, 5.74) is 0. The third kappa shape index (κ3) is 3.04. The molecule has 1 fully saturated rings. The Balaban J connectivity index is 1.95. The van der Waals surface area contributed by atoms with Crippen LogP contribution in [0.25, 0.3) is 10.2 Å². The summed E-state index contributed by atoms with van der Waals surface area (Å²) >= 11 is 1.79. The van der Waals surface area contributed by atoms with Gasteiger partial charge in [-0.15, -0.1) is 11.3 Å². The molecule has 0 aliphatic carbocycles. The molecule has 1 aliphatic heterocycles. The average molecular weight is 304 g/mol. The molecule has 2 aromatic heterocycles. The van der Waals surface area contributed by atoms with E-state index in [9.17, 15) is 0 Å². The fraction of sp³-hybridized carbons (Fsp3) is 0.625. The highest BCUT2D eigenvalue weighted by molar-refractivity contribution is 7.18. The number of aromatic nitrogens is 2. The molecule has 0 spiro atoms. The maximum Gasteiger partial charge on any atom is 0.141 e. The van der Waals surface area contributed by atoms with Crippen LogP contribution in [-0.4, -0.2) is 35.1 Å². The quantitative estimate of drug-likeness (QED) is 0.921. The predicted octanol–water partition coefficient (Wildman–Crippen LogP) is 3.22. The fourth-order valence-corrected chi connectivity index (χ4v) is 3.92. The van der Waals surface area contributed by atoms with Gasteiger partial charge >= 0.3 is 0 Å². The van der Waals surface area contributed by atoms with Crippen molar-refractivity contribution in [1.29, 1.82) is 0 Å². The van der Waals surface area contributed by atoms with E-state index in [0.29, 0.717) is 12.1 Å². The van der Waals surface area contributed by atoms with E-state index in [1.165, 1.54) is 23.1 Å². The minimum Gasteiger partial charge on any atom is -0.352 e. The summed E-state index contributed by atoms with van der Waals surface area (Å²) in [4.78, 5) is 14.0. The van der Waals surface area contributed by atoms with Crippen LogP contribution in [0.5, 0.6) is 0 Å². The standard InChI is InChI=1S/C16H24N4S/c1-4-13-8-14-15(18-10-19-16(14)21-13)20(11(2)3)9-12-6-5-7-17-12/h8,10-12,17H,4-7,9H2,1-3H3. The molecule has 21 heavy (non-hydrogen) atoms. The first-order valence-electron chi connectivity index (χ1n) is 7.92. The highest BCUT2D eigenvalue weighted by Gasteiger charge is 2.22. The lowest BCUT2D eigenvalue weighted by Gasteiger charge is -2.31. The van der Waals surface area contributed by atoms with E-state index in [1.54, 1.807) is 17.7 Å². The maximum absolute atomic E-state index is 4.61. The van der Waals surface area contributed by atoms with E-state index in [2.05, 4.69) is 47.0 Å². The zero-order valence-corrected chi connectivity index (χ0v) is 13.9. The topological polar surface area (TPSA) is 41.0 Å². The lowest BCUT2D eigenvalue weighted by molar-refractivity contribution is 0.550. The molecule has 1 N–H and O–H groups in total. The van der Waals surface area contributed by atoms with Crippen molar-refractivity contribution in [2.45, 2.75) is 52.1 Å². The molecule has 1 atom stereocenters. The van der Waals surface area contributed by atoms with Gasteiger partial charge in [0.2, 0.25) is 0 Å². The first kappa shape index (κ1) is 14.7. The molecule has 1 saturated heterocycles. The number of nitrogens with zero attached hydrogens (tertiary/aromatic N) is 3. The third-order valence-corrected chi connectivity index (χ3v) is 5.37. The SMILES string of the molecule is CCc1cc2c(N(CC3CCCN3)C(C)C)ncnc2s1. The molecular weight excluding hydrogens is 280 g/mol. The Hall–Kier alpha value is -1.20. The lowest BCUT2D eigenvalue weighted by atomic mass is 10.1. The van der Waals surface area contributed by atoms with Crippen molar-refractivity contribution in [1.82, 2.24) is 15.3 Å². The molecule has 4 nitrogen and oxygen atoms in total. The molecular formula is C16H24N4S. The lowest BCUT2D eigenvalue weighted by Crippen LogP contribution is -2.41. The molecule has 0 aromatic carbocycles. The Labute approximate surface area is 130 Å². The van der Waals surface area contributed by atoms with Gasteiger partial charge in [-0.3, -0.25) is 0 Å². The zero-order valence-electron chi connectivity index (χ0n) is 13.1. The Morgan fingerprint density at radius 3 is 2.95 bits per heavy atom. The van der Waals surface area contributed by atoms with Crippen LogP contribution in [0.2, 0.25) is 0 Å². The van der Waals surface area contributed by atoms with Crippen LogP contribution in [0.15, 0.2) is 12.4 Å². The van der Waals surface area contributed by atoms with Crippen LogP contribution in [0.3, 0.4) is 0 Å². The van der Waals surface area contributed by atoms with Crippen molar-refractivity contribution >= 4 is 27.4 Å². The highest BCUT2D eigenvalue weighted by atomic mass is 32.1. The summed E-state index contributed by atoms with van der Waals surface area (Å²) in [5, 5.41) is 4.81. The van der Waals surface area contributed by atoms with E-state index < -0.39 is 0 Å². The van der Waals surface area contributed by atoms with Gasteiger partial charge in [-0.05, 0) is 45.7 Å². The number of hydrogen-bond donors (Lipinski definition) is 1. The maximum atomic E-state index is 4.61. The number of fused-ring (bicyclic) bond motifs is 1. The first-order valence-corrected chi connectivity index (χ1v) is 8.74. The predicted molar refractivity (Wildman–Crippen MR) is 90.3 cm³/mol. The van der Waals surface area contributed by atoms with Crippen LogP contribution in [-0.2, 0) is 6.42 Å². The summed E-state index contributed by atoms with van der Waals surface area (Å²) < 4.78 is 0. The minimum atomic E-state index is 0.440. The van der Waals surface area contributed by atoms with Crippen LogP contribution < -0.4 is 10.2 Å². The normalized spacial score (nSPS) is 18.8. The molecule has 3 heterocycles. The molecule has 0 saturated carbocycles. The van der Waals surface area contributed by atoms with E-state index in [0.717, 1.165) is 30.2 Å². The smallest absolute Gasteiger partial charge is 0.141 e. The minimum absolute atomic E-state index is 0.440. The van der Waals surface area contributed by atoms with Gasteiger partial charge in [0.15, 0.2) is 0 Å². The van der Waals surface area contributed by atoms with Crippen molar-refractivity contribution in [2.24, 2.45) is 0 Å². The Kier molecular flexibility index (Phi) is 4.40. The molecule has 2 aromatic rings. The summed E-state index contributed by atoms with van der Waals surface area (Å²) in [6.07, 6.45) is 5.33. The second kappa shape index (κ2) is 6.28. The van der Waals surface area contributed by atoms with E-state index >= 15 is 0 Å². The van der Waals surface area contributed by atoms with Crippen LogP contribution in [0.4, 0.5) is 5.82 Å². The number of aryl methyl sites for hydroxylation is 1. The zero-order chi connectivity index (χ0) is 14.8. The monoisotopic (exact) mass is 304 g/mol. The number of rotatable bonds is 5. The van der Waals surface area contributed by atoms with Gasteiger partial charge in [-0.25, -0.2) is 9.97 Å². The van der Waals surface area contributed by atoms with Gasteiger partial charge in [-0.2, -0.15) is 0 Å². The van der Waals surface area contributed by atoms with Gasteiger partial charge in [0, 0.05) is 23.5 Å². The molecule has 0 radical (unpaired) electrons. The number of anilines is 1. The Morgan fingerprint density at radius 1 is 1.43 bits per heavy atom. The van der Waals surface area contributed by atoms with Crippen LogP contribution in [0.1, 0.15) is 38.5 Å². The molecule has 5 heteroatoms. The number of hydrogen-bond acceptors (Lipinski definition) is 5. The molecule has 1 unspecified atom stereocenters. The van der Waals surface area contributed by atoms with E-state index in [4.69, 9.17) is 0 Å². The molecule has 3 rings (SSSR count). The van der Waals surface area contributed by atoms with Gasteiger partial charge in [0.05, 0.1) is 5.39 Å². The van der Waals surface area contributed by atoms with Crippen LogP contribution in [0, 0.1) is 0 Å². The molecule has 0 amide bonds. The summed E-state index contributed by atoms with van der Waals surface area (Å²) in [5.74, 6) is 1.10. The highest BCUT2D eigenvalue weighted by Crippen LogP contribution is 2.31. The van der Waals surface area contributed by atoms with Crippen molar-refractivity contribution in [3.63, 3.8) is 0 Å². The van der Waals surface area contributed by atoms with E-state index in [-0.39, 0.29) is 0 Å². The number of nitrogens with one attached hydrogen (secondary N) is 1. The molecule has 114 valence electrons. The van der Waals surface area contributed by atoms with Gasteiger partial charge in [0.25, 0.3) is 0 Å². The summed E-state index contributed by atoms with van der Waals surface area (Å²) in [7, 11) is 0. The van der Waals surface area contributed by atoms with Crippen molar-refractivity contribution in [3.05, 3.63) is 17.3 Å². The van der Waals surface area contributed by atoms with Gasteiger partial charge in [0.1, 0.15) is 17.0 Å². The van der Waals surface area contributed by atoms with Gasteiger partial charge in [-0.1, -0.05) is 6.92 Å². The second-order valence-electron chi connectivity index (χ2n) is 6.02. The van der Waals surface area contributed by atoms with E-state index in [1.807, 2.05) is 0 Å². The largest absolute Gasteiger partial charge is 0.352 e. The fourth-order valence-electron chi connectivity index (χ4n) is 2.99. The van der Waals surface area contributed by atoms with Crippen molar-refractivity contribution in [2.75, 3.05) is 18.0 Å². The second-order valence-corrected chi connectivity index (χ2v) is 7.14. The van der Waals surface area contributed by atoms with Crippen molar-refractivity contribution < 1.29 is 0 Å². The number of thiophene rings is 1. The molecule has 0 bridgehead atoms.